The maximum absolute atomic E-state index is 2.63. The normalized spacial score (nSPS) is 10.0. The summed E-state index contributed by atoms with van der Waals surface area (Å²) >= 11 is 0. The molecule has 0 unspecified atom stereocenters. The highest BCUT2D eigenvalue weighted by Crippen LogP contribution is 2.03. The second-order valence-corrected chi connectivity index (χ2v) is 5.34. The van der Waals surface area contributed by atoms with Crippen LogP contribution in [0.5, 0.6) is 0 Å². The van der Waals surface area contributed by atoms with Gasteiger partial charge >= 0.3 is 5.96 Å². The molecular formula is C17H38ClN3. The van der Waals surface area contributed by atoms with Gasteiger partial charge in [0, 0.05) is 0 Å². The summed E-state index contributed by atoms with van der Waals surface area (Å²) in [5.74, 6) is 1.46. The van der Waals surface area contributed by atoms with Crippen LogP contribution in [-0.4, -0.2) is 59.6 Å². The topological polar surface area (TPSA) is 9.49 Å². The summed E-state index contributed by atoms with van der Waals surface area (Å²) in [5.41, 5.74) is 0. The van der Waals surface area contributed by atoms with Crippen LogP contribution in [0.15, 0.2) is 0 Å². The zero-order valence-corrected chi connectivity index (χ0v) is 16.0. The molecule has 0 aliphatic heterocycles. The molecule has 21 heavy (non-hydrogen) atoms. The summed E-state index contributed by atoms with van der Waals surface area (Å²) in [4.78, 5) is 5.05. The van der Waals surface area contributed by atoms with E-state index in [4.69, 9.17) is 0 Å². The molecular weight excluding hydrogens is 282 g/mol. The van der Waals surface area contributed by atoms with E-state index >= 15 is 0 Å². The molecule has 0 radical (unpaired) electrons. The first-order chi connectivity index (χ1) is 9.69. The molecule has 3 nitrogen and oxygen atoms in total. The van der Waals surface area contributed by atoms with Crippen molar-refractivity contribution in [3.8, 4) is 0 Å². The van der Waals surface area contributed by atoms with Crippen molar-refractivity contribution in [2.24, 2.45) is 0 Å². The average molecular weight is 320 g/mol. The summed E-state index contributed by atoms with van der Waals surface area (Å²) in [6, 6.07) is 0. The molecule has 0 saturated heterocycles. The van der Waals surface area contributed by atoms with Crippen molar-refractivity contribution >= 4 is 5.96 Å². The zero-order chi connectivity index (χ0) is 15.4. The minimum atomic E-state index is 0. The van der Waals surface area contributed by atoms with Gasteiger partial charge in [0.25, 0.3) is 0 Å². The van der Waals surface area contributed by atoms with E-state index in [2.05, 4.69) is 55.9 Å². The van der Waals surface area contributed by atoms with E-state index in [0.29, 0.717) is 0 Å². The van der Waals surface area contributed by atoms with Crippen LogP contribution in [0.25, 0.3) is 0 Å². The molecule has 0 aromatic heterocycles. The van der Waals surface area contributed by atoms with Crippen LogP contribution in [0.2, 0.25) is 0 Å². The van der Waals surface area contributed by atoms with Gasteiger partial charge in [0.05, 0.1) is 39.3 Å². The summed E-state index contributed by atoms with van der Waals surface area (Å²) in [6.07, 6.45) is 5.12. The number of nitrogens with zero attached hydrogens (tertiary/aromatic N) is 3. The first-order valence-corrected chi connectivity index (χ1v) is 8.81. The van der Waals surface area contributed by atoms with Crippen molar-refractivity contribution in [2.75, 3.05) is 39.3 Å². The van der Waals surface area contributed by atoms with Gasteiger partial charge in [-0.25, -0.2) is 0 Å². The van der Waals surface area contributed by atoms with E-state index in [1.165, 1.54) is 44.7 Å². The zero-order valence-electron chi connectivity index (χ0n) is 15.3. The van der Waals surface area contributed by atoms with E-state index < -0.39 is 0 Å². The van der Waals surface area contributed by atoms with Gasteiger partial charge in [-0.1, -0.05) is 26.7 Å². The predicted octanol–water partition coefficient (Wildman–Crippen LogP) is 0.643. The number of guanidine groups is 1. The van der Waals surface area contributed by atoms with E-state index in [-0.39, 0.29) is 12.4 Å². The third-order valence-corrected chi connectivity index (χ3v) is 3.94. The Kier molecular flexibility index (Phi) is 15.8. The molecule has 0 amide bonds. The fourth-order valence-electron chi connectivity index (χ4n) is 2.62. The maximum Gasteiger partial charge on any atom is 0.350 e. The lowest BCUT2D eigenvalue weighted by Gasteiger charge is -2.28. The van der Waals surface area contributed by atoms with E-state index in [1.54, 1.807) is 0 Å². The molecule has 0 aliphatic rings. The number of rotatable bonds is 10. The summed E-state index contributed by atoms with van der Waals surface area (Å²) in [5, 5.41) is 0. The first-order valence-electron chi connectivity index (χ1n) is 8.81. The van der Waals surface area contributed by atoms with Gasteiger partial charge < -0.3 is 12.4 Å². The SMILES string of the molecule is CCCC[N+](CCCC)=C(N(CC)CC)N(CC)CC.[Cl-]. The van der Waals surface area contributed by atoms with Gasteiger partial charge in [-0.15, -0.1) is 0 Å². The van der Waals surface area contributed by atoms with Gasteiger partial charge in [-0.2, -0.15) is 0 Å². The highest BCUT2D eigenvalue weighted by atomic mass is 35.5. The number of hydrogen-bond acceptors (Lipinski definition) is 0. The standard InChI is InChI=1S/C17H38N3.ClH/c1-7-13-15-20(16-14-8-2)17(18(9-3)10-4)19(11-5)12-6;/h7-16H2,1-6H3;1H/q+1;/p-1. The second kappa shape index (κ2) is 14.5. The summed E-state index contributed by atoms with van der Waals surface area (Å²) in [6.45, 7) is 20.4. The molecule has 0 aromatic rings. The Hall–Kier alpha value is -0.440. The molecule has 0 fully saturated rings. The lowest BCUT2D eigenvalue weighted by atomic mass is 10.3. The van der Waals surface area contributed by atoms with Crippen LogP contribution in [-0.2, 0) is 0 Å². The number of hydrogen-bond donors (Lipinski definition) is 0. The Morgan fingerprint density at radius 2 is 1.00 bits per heavy atom. The number of halogens is 1. The van der Waals surface area contributed by atoms with Crippen LogP contribution < -0.4 is 12.4 Å². The Bertz CT molecular complexity index is 235. The van der Waals surface area contributed by atoms with Crippen LogP contribution in [0.4, 0.5) is 0 Å². The third kappa shape index (κ3) is 7.94. The van der Waals surface area contributed by atoms with E-state index in [1.807, 2.05) is 0 Å². The van der Waals surface area contributed by atoms with E-state index in [0.717, 1.165) is 26.2 Å². The third-order valence-electron chi connectivity index (χ3n) is 3.94. The molecule has 0 spiro atoms. The van der Waals surface area contributed by atoms with Crippen molar-refractivity contribution in [3.05, 3.63) is 0 Å². The summed E-state index contributed by atoms with van der Waals surface area (Å²) < 4.78 is 2.63. The molecule has 4 heteroatoms. The van der Waals surface area contributed by atoms with Crippen molar-refractivity contribution in [1.82, 2.24) is 9.80 Å². The van der Waals surface area contributed by atoms with Crippen LogP contribution >= 0.6 is 0 Å². The smallest absolute Gasteiger partial charge is 0.350 e. The predicted molar refractivity (Wildman–Crippen MR) is 90.7 cm³/mol. The molecule has 0 aliphatic carbocycles. The minimum Gasteiger partial charge on any atom is -1.00 e. The molecule has 0 bridgehead atoms. The second-order valence-electron chi connectivity index (χ2n) is 5.34. The minimum absolute atomic E-state index is 0. The quantitative estimate of drug-likeness (QED) is 0.332. The van der Waals surface area contributed by atoms with Crippen LogP contribution in [0.1, 0.15) is 67.2 Å². The lowest BCUT2D eigenvalue weighted by Crippen LogP contribution is -3.00. The fourth-order valence-corrected chi connectivity index (χ4v) is 2.62. The van der Waals surface area contributed by atoms with Gasteiger partial charge in [-0.05, 0) is 40.5 Å². The lowest BCUT2D eigenvalue weighted by molar-refractivity contribution is -0.539. The first kappa shape index (κ1) is 22.8. The van der Waals surface area contributed by atoms with Gasteiger partial charge in [0.1, 0.15) is 0 Å². The van der Waals surface area contributed by atoms with Crippen molar-refractivity contribution < 1.29 is 17.0 Å². The van der Waals surface area contributed by atoms with Gasteiger partial charge in [0.2, 0.25) is 0 Å². The maximum atomic E-state index is 2.63. The number of unbranched alkanes of at least 4 members (excludes halogenated alkanes) is 2. The van der Waals surface area contributed by atoms with Crippen LogP contribution in [0.3, 0.4) is 0 Å². The largest absolute Gasteiger partial charge is 1.00 e. The Morgan fingerprint density at radius 3 is 1.24 bits per heavy atom. The highest BCUT2D eigenvalue weighted by molar-refractivity contribution is 5.75. The molecule has 0 atom stereocenters. The van der Waals surface area contributed by atoms with Crippen molar-refractivity contribution in [2.45, 2.75) is 67.2 Å². The Morgan fingerprint density at radius 1 is 0.667 bits per heavy atom. The van der Waals surface area contributed by atoms with Crippen LogP contribution in [0, 0.1) is 0 Å². The monoisotopic (exact) mass is 319 g/mol. The van der Waals surface area contributed by atoms with Crippen molar-refractivity contribution in [3.63, 3.8) is 0 Å². The van der Waals surface area contributed by atoms with Gasteiger partial charge in [0.15, 0.2) is 0 Å². The highest BCUT2D eigenvalue weighted by Gasteiger charge is 2.25. The Labute approximate surface area is 139 Å². The molecule has 0 rings (SSSR count). The van der Waals surface area contributed by atoms with Gasteiger partial charge in [-0.3, -0.25) is 14.4 Å². The molecule has 0 aromatic carbocycles. The molecule has 128 valence electrons. The molecule has 0 saturated carbocycles. The summed E-state index contributed by atoms with van der Waals surface area (Å²) in [7, 11) is 0. The molecule has 0 heterocycles. The average Bonchev–Trinajstić information content (AvgIpc) is 2.48. The Balaban J connectivity index is 0. The van der Waals surface area contributed by atoms with E-state index in [9.17, 15) is 0 Å². The fraction of sp³-hybridized carbons (Fsp3) is 0.941. The molecule has 0 N–H and O–H groups in total. The van der Waals surface area contributed by atoms with Crippen molar-refractivity contribution in [1.29, 1.82) is 0 Å².